The highest BCUT2D eigenvalue weighted by Gasteiger charge is 2.45. The summed E-state index contributed by atoms with van der Waals surface area (Å²) >= 11 is 0. The normalized spacial score (nSPS) is 23.5. The van der Waals surface area contributed by atoms with E-state index >= 15 is 0 Å². The molecule has 1 heterocycles. The number of aliphatic hydroxyl groups excluding tert-OH is 1. The highest BCUT2D eigenvalue weighted by Crippen LogP contribution is 2.50. The van der Waals surface area contributed by atoms with Gasteiger partial charge in [-0.2, -0.15) is 0 Å². The minimum atomic E-state index is -0.456. The predicted octanol–water partition coefficient (Wildman–Crippen LogP) is 3.39. The zero-order valence-corrected chi connectivity index (χ0v) is 13.6. The number of aliphatic hydroxyl groups is 1. The predicted molar refractivity (Wildman–Crippen MR) is 84.7 cm³/mol. The molecule has 0 saturated carbocycles. The lowest BCUT2D eigenvalue weighted by Crippen LogP contribution is -2.46. The van der Waals surface area contributed by atoms with E-state index in [1.165, 1.54) is 5.56 Å². The molecule has 1 atom stereocenters. The Bertz CT molecular complexity index is 568. The third-order valence-electron chi connectivity index (χ3n) is 4.85. The van der Waals surface area contributed by atoms with E-state index < -0.39 is 5.60 Å². The Labute approximate surface area is 132 Å². The van der Waals surface area contributed by atoms with E-state index in [0.29, 0.717) is 13.1 Å². The summed E-state index contributed by atoms with van der Waals surface area (Å²) in [5.41, 5.74) is 1.90. The highest BCUT2D eigenvalue weighted by molar-refractivity contribution is 5.68. The fraction of sp³-hybridized carbons (Fsp3) is 0.611. The SMILES string of the molecule is CC(C)(C)OC(=O)N1CCC2(CC1)C[C@@H](O)c1ccccc12. The number of piperidine rings is 1. The molecule has 1 fully saturated rings. The van der Waals surface area contributed by atoms with E-state index in [-0.39, 0.29) is 17.6 Å². The van der Waals surface area contributed by atoms with E-state index in [1.54, 1.807) is 4.90 Å². The van der Waals surface area contributed by atoms with Gasteiger partial charge in [-0.1, -0.05) is 24.3 Å². The maximum Gasteiger partial charge on any atom is 0.410 e. The van der Waals surface area contributed by atoms with Crippen LogP contribution in [0.15, 0.2) is 24.3 Å². The number of likely N-dealkylation sites (tertiary alicyclic amines) is 1. The van der Waals surface area contributed by atoms with E-state index in [4.69, 9.17) is 4.74 Å². The fourth-order valence-electron chi connectivity index (χ4n) is 3.78. The van der Waals surface area contributed by atoms with Gasteiger partial charge in [0.25, 0.3) is 0 Å². The van der Waals surface area contributed by atoms with Crippen molar-refractivity contribution in [2.45, 2.75) is 57.2 Å². The van der Waals surface area contributed by atoms with Gasteiger partial charge in [-0.3, -0.25) is 0 Å². The monoisotopic (exact) mass is 303 g/mol. The first-order valence-electron chi connectivity index (χ1n) is 8.06. The number of hydrogen-bond donors (Lipinski definition) is 1. The molecule has 0 radical (unpaired) electrons. The number of carbonyl (C=O) groups excluding carboxylic acids is 1. The lowest BCUT2D eigenvalue weighted by atomic mass is 9.74. The van der Waals surface area contributed by atoms with Crippen LogP contribution < -0.4 is 0 Å². The number of amides is 1. The molecule has 1 aliphatic heterocycles. The summed E-state index contributed by atoms with van der Waals surface area (Å²) in [4.78, 5) is 14.0. The van der Waals surface area contributed by atoms with Gasteiger partial charge in [-0.25, -0.2) is 4.79 Å². The molecule has 0 bridgehead atoms. The Morgan fingerprint density at radius 1 is 1.27 bits per heavy atom. The van der Waals surface area contributed by atoms with E-state index in [2.05, 4.69) is 6.07 Å². The van der Waals surface area contributed by atoms with Crippen LogP contribution in [0, 0.1) is 0 Å². The van der Waals surface area contributed by atoms with E-state index in [0.717, 1.165) is 24.8 Å². The maximum atomic E-state index is 12.2. The Morgan fingerprint density at radius 2 is 1.91 bits per heavy atom. The molecule has 1 N–H and O–H groups in total. The van der Waals surface area contributed by atoms with Gasteiger partial charge >= 0.3 is 6.09 Å². The molecule has 1 aromatic carbocycles. The van der Waals surface area contributed by atoms with Crippen molar-refractivity contribution in [2.75, 3.05) is 13.1 Å². The van der Waals surface area contributed by atoms with E-state index in [1.807, 2.05) is 39.0 Å². The first kappa shape index (κ1) is 15.3. The summed E-state index contributed by atoms with van der Waals surface area (Å²) in [5, 5.41) is 10.3. The van der Waals surface area contributed by atoms with Crippen LogP contribution in [0.3, 0.4) is 0 Å². The maximum absolute atomic E-state index is 12.2. The largest absolute Gasteiger partial charge is 0.444 e. The van der Waals surface area contributed by atoms with Crippen LogP contribution in [-0.4, -0.2) is 34.8 Å². The van der Waals surface area contributed by atoms with Crippen LogP contribution in [0.4, 0.5) is 4.79 Å². The quantitative estimate of drug-likeness (QED) is 0.799. The van der Waals surface area contributed by atoms with Gasteiger partial charge in [0.2, 0.25) is 0 Å². The van der Waals surface area contributed by atoms with Gasteiger partial charge in [0.05, 0.1) is 6.10 Å². The van der Waals surface area contributed by atoms with Gasteiger partial charge in [0.15, 0.2) is 0 Å². The van der Waals surface area contributed by atoms with Crippen molar-refractivity contribution in [3.8, 4) is 0 Å². The third-order valence-corrected chi connectivity index (χ3v) is 4.85. The van der Waals surface area contributed by atoms with E-state index in [9.17, 15) is 9.90 Å². The van der Waals surface area contributed by atoms with Crippen molar-refractivity contribution >= 4 is 6.09 Å². The van der Waals surface area contributed by atoms with Crippen LogP contribution in [0.5, 0.6) is 0 Å². The van der Waals surface area contributed by atoms with Gasteiger partial charge in [0, 0.05) is 18.5 Å². The molecule has 1 aromatic rings. The molecule has 0 aromatic heterocycles. The van der Waals surface area contributed by atoms with Crippen LogP contribution in [-0.2, 0) is 10.2 Å². The fourth-order valence-corrected chi connectivity index (χ4v) is 3.78. The van der Waals surface area contributed by atoms with Crippen molar-refractivity contribution in [3.63, 3.8) is 0 Å². The average Bonchev–Trinajstić information content (AvgIpc) is 2.71. The number of nitrogens with zero attached hydrogens (tertiary/aromatic N) is 1. The number of fused-ring (bicyclic) bond motifs is 2. The lowest BCUT2D eigenvalue weighted by Gasteiger charge is -2.40. The second-order valence-electron chi connectivity index (χ2n) is 7.55. The average molecular weight is 303 g/mol. The number of ether oxygens (including phenoxy) is 1. The van der Waals surface area contributed by atoms with Crippen molar-refractivity contribution in [1.29, 1.82) is 0 Å². The lowest BCUT2D eigenvalue weighted by molar-refractivity contribution is 0.0147. The zero-order chi connectivity index (χ0) is 16.0. The minimum absolute atomic E-state index is 0.0223. The molecule has 0 unspecified atom stereocenters. The molecule has 1 aliphatic carbocycles. The highest BCUT2D eigenvalue weighted by atomic mass is 16.6. The minimum Gasteiger partial charge on any atom is -0.444 e. The standard InChI is InChI=1S/C18H25NO3/c1-17(2,3)22-16(21)19-10-8-18(9-11-19)12-15(20)13-6-4-5-7-14(13)18/h4-7,15,20H,8-12H2,1-3H3/t15-/m1/s1. The Hall–Kier alpha value is -1.55. The molecule has 120 valence electrons. The summed E-state index contributed by atoms with van der Waals surface area (Å²) in [6.07, 6.45) is 1.95. The molecule has 4 heteroatoms. The Balaban J connectivity index is 1.71. The van der Waals surface area contributed by atoms with Crippen molar-refractivity contribution in [1.82, 2.24) is 4.90 Å². The topological polar surface area (TPSA) is 49.8 Å². The molecular weight excluding hydrogens is 278 g/mol. The zero-order valence-electron chi connectivity index (χ0n) is 13.6. The Kier molecular flexibility index (Phi) is 3.68. The summed E-state index contributed by atoms with van der Waals surface area (Å²) in [5.74, 6) is 0. The molecule has 1 spiro atoms. The van der Waals surface area contributed by atoms with Crippen LogP contribution >= 0.6 is 0 Å². The van der Waals surface area contributed by atoms with Gasteiger partial charge in [-0.05, 0) is 51.2 Å². The molecule has 1 saturated heterocycles. The van der Waals surface area contributed by atoms with Crippen LogP contribution in [0.1, 0.15) is 57.3 Å². The first-order valence-corrected chi connectivity index (χ1v) is 8.06. The van der Waals surface area contributed by atoms with Gasteiger partial charge in [0.1, 0.15) is 5.60 Å². The number of hydrogen-bond acceptors (Lipinski definition) is 3. The van der Waals surface area contributed by atoms with Crippen LogP contribution in [0.25, 0.3) is 0 Å². The van der Waals surface area contributed by atoms with Gasteiger partial charge in [-0.15, -0.1) is 0 Å². The molecule has 1 amide bonds. The number of carbonyl (C=O) groups is 1. The van der Waals surface area contributed by atoms with Crippen molar-refractivity contribution < 1.29 is 14.6 Å². The van der Waals surface area contributed by atoms with Crippen molar-refractivity contribution in [2.24, 2.45) is 0 Å². The second-order valence-corrected chi connectivity index (χ2v) is 7.55. The summed E-state index contributed by atoms with van der Waals surface area (Å²) in [7, 11) is 0. The first-order chi connectivity index (χ1) is 10.3. The smallest absolute Gasteiger partial charge is 0.410 e. The Morgan fingerprint density at radius 3 is 2.55 bits per heavy atom. The van der Waals surface area contributed by atoms with Crippen LogP contribution in [0.2, 0.25) is 0 Å². The van der Waals surface area contributed by atoms with Gasteiger partial charge < -0.3 is 14.7 Å². The second kappa shape index (κ2) is 5.27. The summed E-state index contributed by atoms with van der Waals surface area (Å²) in [6.45, 7) is 7.05. The third kappa shape index (κ3) is 2.72. The summed E-state index contributed by atoms with van der Waals surface area (Å²) in [6, 6.07) is 8.18. The molecule has 2 aliphatic rings. The number of benzene rings is 1. The van der Waals surface area contributed by atoms with Crippen molar-refractivity contribution in [3.05, 3.63) is 35.4 Å². The number of rotatable bonds is 0. The summed E-state index contributed by atoms with van der Waals surface area (Å²) < 4.78 is 5.46. The molecule has 3 rings (SSSR count). The molecule has 4 nitrogen and oxygen atoms in total. The molecular formula is C18H25NO3. The molecule has 22 heavy (non-hydrogen) atoms.